The zero-order valence-corrected chi connectivity index (χ0v) is 14.5. The molecular weight excluding hydrogens is 316 g/mol. The van der Waals surface area contributed by atoms with Crippen LogP contribution in [-0.2, 0) is 0 Å². The van der Waals surface area contributed by atoms with Gasteiger partial charge < -0.3 is 20.2 Å². The number of benzene rings is 1. The summed E-state index contributed by atoms with van der Waals surface area (Å²) < 4.78 is 0. The average Bonchev–Trinajstić information content (AvgIpc) is 2.67. The topological polar surface area (TPSA) is 68.7 Å². The maximum atomic E-state index is 12.0. The first-order valence-electron chi connectivity index (χ1n) is 8.55. The monoisotopic (exact) mass is 340 g/mol. The number of amides is 1. The SMILES string of the molecule is CN1CCN(c2ccc(-c3cncc(C(=O)NCCO)c3)cc2)CC1. The van der Waals surface area contributed by atoms with Crippen LogP contribution >= 0.6 is 0 Å². The Kier molecular flexibility index (Phi) is 5.63. The summed E-state index contributed by atoms with van der Waals surface area (Å²) in [5.74, 6) is -0.225. The van der Waals surface area contributed by atoms with Crippen molar-refractivity contribution < 1.29 is 9.90 Å². The molecule has 132 valence electrons. The van der Waals surface area contributed by atoms with Crippen molar-refractivity contribution in [1.29, 1.82) is 0 Å². The van der Waals surface area contributed by atoms with Crippen LogP contribution in [0.4, 0.5) is 5.69 Å². The summed E-state index contributed by atoms with van der Waals surface area (Å²) in [7, 11) is 2.15. The van der Waals surface area contributed by atoms with E-state index in [1.165, 1.54) is 11.9 Å². The van der Waals surface area contributed by atoms with Gasteiger partial charge in [-0.15, -0.1) is 0 Å². The molecule has 2 heterocycles. The van der Waals surface area contributed by atoms with Crippen LogP contribution in [0.3, 0.4) is 0 Å². The number of anilines is 1. The first kappa shape index (κ1) is 17.4. The number of piperazine rings is 1. The molecule has 0 unspecified atom stereocenters. The number of hydrogen-bond donors (Lipinski definition) is 2. The molecule has 2 aromatic rings. The van der Waals surface area contributed by atoms with Gasteiger partial charge in [0.2, 0.25) is 0 Å². The maximum absolute atomic E-state index is 12.0. The van der Waals surface area contributed by atoms with Gasteiger partial charge in [-0.05, 0) is 30.8 Å². The van der Waals surface area contributed by atoms with E-state index < -0.39 is 0 Å². The number of nitrogens with one attached hydrogen (secondary N) is 1. The van der Waals surface area contributed by atoms with Gasteiger partial charge in [-0.25, -0.2) is 0 Å². The van der Waals surface area contributed by atoms with Gasteiger partial charge in [-0.2, -0.15) is 0 Å². The molecule has 1 amide bonds. The zero-order valence-electron chi connectivity index (χ0n) is 14.5. The van der Waals surface area contributed by atoms with E-state index in [0.717, 1.165) is 37.3 Å². The minimum atomic E-state index is -0.225. The predicted molar refractivity (Wildman–Crippen MR) is 98.8 cm³/mol. The Morgan fingerprint density at radius 1 is 1.12 bits per heavy atom. The lowest BCUT2D eigenvalue weighted by Gasteiger charge is -2.34. The standard InChI is InChI=1S/C19H24N4O2/c1-22-7-9-23(10-8-22)18-4-2-15(3-5-18)16-12-17(14-20-13-16)19(25)21-6-11-24/h2-5,12-14,24H,6-11H2,1H3,(H,21,25). The number of carbonyl (C=O) groups is 1. The largest absolute Gasteiger partial charge is 0.395 e. The smallest absolute Gasteiger partial charge is 0.252 e. The summed E-state index contributed by atoms with van der Waals surface area (Å²) in [6.45, 7) is 4.40. The average molecular weight is 340 g/mol. The fourth-order valence-corrected chi connectivity index (χ4v) is 2.92. The van der Waals surface area contributed by atoms with Crippen molar-refractivity contribution in [1.82, 2.24) is 15.2 Å². The number of rotatable bonds is 5. The van der Waals surface area contributed by atoms with E-state index in [2.05, 4.69) is 51.4 Å². The molecule has 3 rings (SSSR count). The van der Waals surface area contributed by atoms with Crippen LogP contribution in [-0.4, -0.2) is 67.3 Å². The van der Waals surface area contributed by atoms with Crippen molar-refractivity contribution >= 4 is 11.6 Å². The summed E-state index contributed by atoms with van der Waals surface area (Å²) in [5, 5.41) is 11.4. The van der Waals surface area contributed by atoms with Gasteiger partial charge in [0, 0.05) is 56.4 Å². The molecule has 2 N–H and O–H groups in total. The molecule has 1 fully saturated rings. The van der Waals surface area contributed by atoms with Crippen molar-refractivity contribution in [2.45, 2.75) is 0 Å². The second-order valence-electron chi connectivity index (χ2n) is 6.28. The lowest BCUT2D eigenvalue weighted by molar-refractivity contribution is 0.0944. The van der Waals surface area contributed by atoms with Gasteiger partial charge in [-0.1, -0.05) is 12.1 Å². The highest BCUT2D eigenvalue weighted by molar-refractivity contribution is 5.95. The summed E-state index contributed by atoms with van der Waals surface area (Å²) >= 11 is 0. The fraction of sp³-hybridized carbons (Fsp3) is 0.368. The summed E-state index contributed by atoms with van der Waals surface area (Å²) in [6.07, 6.45) is 3.29. The Balaban J connectivity index is 1.73. The maximum Gasteiger partial charge on any atom is 0.252 e. The lowest BCUT2D eigenvalue weighted by Crippen LogP contribution is -2.44. The van der Waals surface area contributed by atoms with Crippen LogP contribution in [0.5, 0.6) is 0 Å². The fourth-order valence-electron chi connectivity index (χ4n) is 2.92. The minimum absolute atomic E-state index is 0.0768. The van der Waals surface area contributed by atoms with Gasteiger partial charge in [0.05, 0.1) is 12.2 Å². The minimum Gasteiger partial charge on any atom is -0.395 e. The molecule has 1 aliphatic heterocycles. The third-order valence-electron chi connectivity index (χ3n) is 4.47. The first-order chi connectivity index (χ1) is 12.2. The zero-order chi connectivity index (χ0) is 17.6. The van der Waals surface area contributed by atoms with Crippen LogP contribution in [0.25, 0.3) is 11.1 Å². The van der Waals surface area contributed by atoms with Crippen molar-refractivity contribution in [3.63, 3.8) is 0 Å². The molecule has 0 saturated carbocycles. The molecule has 25 heavy (non-hydrogen) atoms. The highest BCUT2D eigenvalue weighted by Gasteiger charge is 2.14. The first-order valence-corrected chi connectivity index (χ1v) is 8.55. The highest BCUT2D eigenvalue weighted by Crippen LogP contribution is 2.24. The molecule has 0 aliphatic carbocycles. The Labute approximate surface area is 148 Å². The number of aliphatic hydroxyl groups is 1. The van der Waals surface area contributed by atoms with Crippen LogP contribution < -0.4 is 10.2 Å². The molecule has 6 heteroatoms. The number of aromatic nitrogens is 1. The molecule has 1 aromatic heterocycles. The van der Waals surface area contributed by atoms with E-state index in [1.54, 1.807) is 6.20 Å². The third kappa shape index (κ3) is 4.35. The molecule has 0 radical (unpaired) electrons. The molecule has 1 aliphatic rings. The number of aliphatic hydroxyl groups excluding tert-OH is 1. The summed E-state index contributed by atoms with van der Waals surface area (Å²) in [5.41, 5.74) is 3.65. The second-order valence-corrected chi connectivity index (χ2v) is 6.28. The van der Waals surface area contributed by atoms with Gasteiger partial charge in [0.1, 0.15) is 0 Å². The van der Waals surface area contributed by atoms with Gasteiger partial charge >= 0.3 is 0 Å². The molecule has 0 spiro atoms. The van der Waals surface area contributed by atoms with Crippen LogP contribution in [0.2, 0.25) is 0 Å². The molecule has 1 aromatic carbocycles. The van der Waals surface area contributed by atoms with E-state index in [-0.39, 0.29) is 19.1 Å². The number of likely N-dealkylation sites (N-methyl/N-ethyl adjacent to an activating group) is 1. The van der Waals surface area contributed by atoms with Gasteiger partial charge in [0.15, 0.2) is 0 Å². The molecule has 0 atom stereocenters. The number of nitrogens with zero attached hydrogens (tertiary/aromatic N) is 3. The summed E-state index contributed by atoms with van der Waals surface area (Å²) in [6, 6.07) is 10.2. The number of pyridine rings is 1. The normalized spacial score (nSPS) is 15.2. The molecule has 6 nitrogen and oxygen atoms in total. The number of hydrogen-bond acceptors (Lipinski definition) is 5. The quantitative estimate of drug-likeness (QED) is 0.857. The molecule has 0 bridgehead atoms. The van der Waals surface area contributed by atoms with Crippen molar-refractivity contribution in [3.8, 4) is 11.1 Å². The van der Waals surface area contributed by atoms with Crippen LogP contribution in [0.1, 0.15) is 10.4 Å². The van der Waals surface area contributed by atoms with Crippen LogP contribution in [0, 0.1) is 0 Å². The summed E-state index contributed by atoms with van der Waals surface area (Å²) in [4.78, 5) is 20.9. The van der Waals surface area contributed by atoms with Gasteiger partial charge in [-0.3, -0.25) is 9.78 Å². The Bertz CT molecular complexity index is 710. The van der Waals surface area contributed by atoms with Crippen LogP contribution in [0.15, 0.2) is 42.7 Å². The molecule has 1 saturated heterocycles. The van der Waals surface area contributed by atoms with Gasteiger partial charge in [0.25, 0.3) is 5.91 Å². The van der Waals surface area contributed by atoms with E-state index >= 15 is 0 Å². The number of carbonyl (C=O) groups excluding carboxylic acids is 1. The second kappa shape index (κ2) is 8.09. The lowest BCUT2D eigenvalue weighted by atomic mass is 10.0. The van der Waals surface area contributed by atoms with E-state index in [1.807, 2.05) is 6.07 Å². The van der Waals surface area contributed by atoms with E-state index in [4.69, 9.17) is 5.11 Å². The van der Waals surface area contributed by atoms with Crippen molar-refractivity contribution in [2.24, 2.45) is 0 Å². The highest BCUT2D eigenvalue weighted by atomic mass is 16.3. The van der Waals surface area contributed by atoms with E-state index in [9.17, 15) is 4.79 Å². The predicted octanol–water partition coefficient (Wildman–Crippen LogP) is 1.22. The Hall–Kier alpha value is -2.44. The molecular formula is C19H24N4O2. The van der Waals surface area contributed by atoms with Crippen molar-refractivity contribution in [3.05, 3.63) is 48.3 Å². The third-order valence-corrected chi connectivity index (χ3v) is 4.47. The Morgan fingerprint density at radius 2 is 1.84 bits per heavy atom. The van der Waals surface area contributed by atoms with E-state index in [0.29, 0.717) is 5.56 Å². The van der Waals surface area contributed by atoms with Crippen molar-refractivity contribution in [2.75, 3.05) is 51.3 Å². The Morgan fingerprint density at radius 3 is 2.52 bits per heavy atom.